The first kappa shape index (κ1) is 21.2. The molecule has 3 atom stereocenters. The molecule has 0 aliphatic carbocycles. The van der Waals surface area contributed by atoms with Gasteiger partial charge in [-0.1, -0.05) is 42.5 Å². The quantitative estimate of drug-likeness (QED) is 0.414. The van der Waals surface area contributed by atoms with Crippen LogP contribution in [-0.2, 0) is 11.0 Å². The lowest BCUT2D eigenvalue weighted by Crippen LogP contribution is -2.39. The van der Waals surface area contributed by atoms with Gasteiger partial charge in [0.25, 0.3) is 0 Å². The Morgan fingerprint density at radius 2 is 1.79 bits per heavy atom. The molecule has 34 heavy (non-hydrogen) atoms. The Hall–Kier alpha value is -3.39. The van der Waals surface area contributed by atoms with E-state index in [0.29, 0.717) is 5.56 Å². The Bertz CT molecular complexity index is 1200. The van der Waals surface area contributed by atoms with Gasteiger partial charge >= 0.3 is 6.18 Å². The van der Waals surface area contributed by atoms with Crippen molar-refractivity contribution in [2.24, 2.45) is 0 Å². The summed E-state index contributed by atoms with van der Waals surface area (Å²) >= 11 is 0. The van der Waals surface area contributed by atoms with E-state index in [-0.39, 0.29) is 29.8 Å². The second kappa shape index (κ2) is 9.85. The highest BCUT2D eigenvalue weighted by Gasteiger charge is 2.42. The maximum atomic E-state index is 13.5. The molecule has 4 rings (SSSR count). The third kappa shape index (κ3) is 5.07. The van der Waals surface area contributed by atoms with Crippen LogP contribution >= 0.6 is 0 Å². The van der Waals surface area contributed by atoms with Crippen LogP contribution in [0, 0.1) is 0 Å². The number of halogens is 4. The van der Waals surface area contributed by atoms with E-state index in [0.717, 1.165) is 17.7 Å². The molecule has 1 N–H and O–H groups in total. The molecule has 178 valence electrons. The lowest BCUT2D eigenvalue weighted by molar-refractivity contribution is -0.137. The first-order valence-electron chi connectivity index (χ1n) is 11.7. The Balaban J connectivity index is 1.67. The van der Waals surface area contributed by atoms with Crippen LogP contribution in [0.25, 0.3) is 0 Å². The fourth-order valence-electron chi connectivity index (χ4n) is 4.26. The number of benzene rings is 3. The Morgan fingerprint density at radius 1 is 1.09 bits per heavy atom. The maximum Gasteiger partial charge on any atom is 0.416 e. The van der Waals surface area contributed by atoms with Crippen molar-refractivity contribution in [2.45, 2.75) is 37.6 Å². The normalized spacial score (nSPS) is 20.6. The average Bonchev–Trinajstić information content (AvgIpc) is 3.14. The summed E-state index contributed by atoms with van der Waals surface area (Å²) in [5.41, 5.74) is 0.946. The number of ether oxygens (including phenoxy) is 1. The Morgan fingerprint density at radius 3 is 2.44 bits per heavy atom. The number of carbonyl (C=O) groups excluding carboxylic acids is 1. The molecule has 1 heterocycles. The number of nitrogens with zero attached hydrogens (tertiary/aromatic N) is 1. The molecular weight excluding hydrogens is 448 g/mol. The monoisotopic (exact) mass is 474 g/mol. The molecule has 1 amide bonds. The van der Waals surface area contributed by atoms with Gasteiger partial charge in [0.15, 0.2) is 0 Å². The minimum Gasteiger partial charge on any atom is -0.463 e. The number of anilines is 1. The van der Waals surface area contributed by atoms with Crippen molar-refractivity contribution in [3.63, 3.8) is 0 Å². The molecule has 0 spiro atoms. The minimum atomic E-state index is -4.51. The topological polar surface area (TPSA) is 41.6 Å². The summed E-state index contributed by atoms with van der Waals surface area (Å²) in [5, 5.41) is 3.31. The predicted octanol–water partition coefficient (Wildman–Crippen LogP) is 6.21. The standard InChI is InChI=1S/C26H24F4N2O2/c1-17(18-6-3-2-4-7-18)31-23-15-24(19-8-5-9-22(14-19)34-16-27)32(25(23)33)21-12-10-20(11-13-21)26(28,29)30/h2-14,17,23-24,31H,15-16H2,1H3/t17-,23-,24-/m1/s1/i16D2. The average molecular weight is 474 g/mol. The van der Waals surface area contributed by atoms with Gasteiger partial charge < -0.3 is 9.64 Å². The zero-order valence-corrected chi connectivity index (χ0v) is 18.2. The van der Waals surface area contributed by atoms with Crippen molar-refractivity contribution in [3.05, 3.63) is 95.6 Å². The summed E-state index contributed by atoms with van der Waals surface area (Å²) in [5.74, 6) is -0.399. The molecule has 4 nitrogen and oxygen atoms in total. The largest absolute Gasteiger partial charge is 0.463 e. The number of amides is 1. The molecule has 0 saturated carbocycles. The molecule has 0 radical (unpaired) electrons. The highest BCUT2D eigenvalue weighted by molar-refractivity contribution is 6.00. The highest BCUT2D eigenvalue weighted by atomic mass is 19.4. The van der Waals surface area contributed by atoms with Crippen LogP contribution in [0.4, 0.5) is 23.2 Å². The van der Waals surface area contributed by atoms with Crippen molar-refractivity contribution >= 4 is 11.6 Å². The molecule has 1 aliphatic rings. The van der Waals surface area contributed by atoms with E-state index in [1.165, 1.54) is 29.2 Å². The van der Waals surface area contributed by atoms with Gasteiger partial charge in [-0.05, 0) is 60.9 Å². The van der Waals surface area contributed by atoms with E-state index < -0.39 is 30.6 Å². The molecule has 0 aromatic heterocycles. The summed E-state index contributed by atoms with van der Waals surface area (Å²) < 4.78 is 71.5. The van der Waals surface area contributed by atoms with Crippen molar-refractivity contribution in [3.8, 4) is 5.75 Å². The van der Waals surface area contributed by atoms with Crippen LogP contribution in [0.1, 0.15) is 44.9 Å². The van der Waals surface area contributed by atoms with E-state index in [1.54, 1.807) is 12.1 Å². The Labute approximate surface area is 198 Å². The van der Waals surface area contributed by atoms with Crippen LogP contribution in [0.3, 0.4) is 0 Å². The number of alkyl halides is 4. The summed E-state index contributed by atoms with van der Waals surface area (Å²) in [6, 6.07) is 18.4. The molecule has 8 heteroatoms. The SMILES string of the molecule is [2H]C([2H])(F)Oc1cccc([C@H]2C[C@@H](N[C@H](C)c3ccccc3)C(=O)N2c2ccc(C(F)(F)F)cc2)c1. The number of hydrogen-bond donors (Lipinski definition) is 1. The summed E-state index contributed by atoms with van der Waals surface area (Å²) in [6.07, 6.45) is -4.23. The van der Waals surface area contributed by atoms with Crippen molar-refractivity contribution in [1.82, 2.24) is 5.32 Å². The predicted molar refractivity (Wildman–Crippen MR) is 121 cm³/mol. The van der Waals surface area contributed by atoms with Gasteiger partial charge in [0, 0.05) is 11.7 Å². The maximum absolute atomic E-state index is 13.5. The first-order valence-corrected chi connectivity index (χ1v) is 10.7. The van der Waals surface area contributed by atoms with Gasteiger partial charge in [-0.2, -0.15) is 13.2 Å². The smallest absolute Gasteiger partial charge is 0.416 e. The third-order valence-corrected chi connectivity index (χ3v) is 5.93. The van der Waals surface area contributed by atoms with Crippen LogP contribution in [-0.4, -0.2) is 18.8 Å². The highest BCUT2D eigenvalue weighted by Crippen LogP contribution is 2.40. The Kier molecular flexibility index (Phi) is 6.13. The fourth-order valence-corrected chi connectivity index (χ4v) is 4.26. The van der Waals surface area contributed by atoms with Gasteiger partial charge in [-0.15, -0.1) is 0 Å². The molecule has 0 bridgehead atoms. The van der Waals surface area contributed by atoms with Crippen molar-refractivity contribution < 1.29 is 29.8 Å². The lowest BCUT2D eigenvalue weighted by Gasteiger charge is -2.26. The molecule has 3 aromatic carbocycles. The second-order valence-electron chi connectivity index (χ2n) is 8.11. The van der Waals surface area contributed by atoms with Gasteiger partial charge in [0.2, 0.25) is 12.7 Å². The molecular formula is C26H24F4N2O2. The molecule has 3 aromatic rings. The molecule has 0 unspecified atom stereocenters. The molecule has 1 fully saturated rings. The third-order valence-electron chi connectivity index (χ3n) is 5.93. The molecule has 1 aliphatic heterocycles. The number of nitrogens with one attached hydrogen (secondary N) is 1. The summed E-state index contributed by atoms with van der Waals surface area (Å²) in [4.78, 5) is 15.0. The zero-order chi connectivity index (χ0) is 26.1. The first-order chi connectivity index (χ1) is 16.9. The van der Waals surface area contributed by atoms with Crippen molar-refractivity contribution in [1.29, 1.82) is 0 Å². The van der Waals surface area contributed by atoms with Gasteiger partial charge in [0.05, 0.1) is 17.6 Å². The van der Waals surface area contributed by atoms with Crippen LogP contribution < -0.4 is 15.0 Å². The fraction of sp³-hybridized carbons (Fsp3) is 0.269. The minimum absolute atomic E-state index is 0.0751. The number of rotatable bonds is 7. The summed E-state index contributed by atoms with van der Waals surface area (Å²) in [6.45, 7) is -1.48. The van der Waals surface area contributed by atoms with E-state index in [1.807, 2.05) is 37.3 Å². The van der Waals surface area contributed by atoms with Crippen molar-refractivity contribution in [2.75, 3.05) is 11.7 Å². The second-order valence-corrected chi connectivity index (χ2v) is 8.11. The van der Waals surface area contributed by atoms with E-state index >= 15 is 0 Å². The van der Waals surface area contributed by atoms with Gasteiger partial charge in [-0.3, -0.25) is 10.1 Å². The van der Waals surface area contributed by atoms with E-state index in [9.17, 15) is 22.4 Å². The van der Waals surface area contributed by atoms with E-state index in [4.69, 9.17) is 7.48 Å². The van der Waals surface area contributed by atoms with Crippen LogP contribution in [0.15, 0.2) is 78.9 Å². The van der Waals surface area contributed by atoms with E-state index in [2.05, 4.69) is 5.32 Å². The van der Waals surface area contributed by atoms with Gasteiger partial charge in [-0.25, -0.2) is 4.39 Å². The molecule has 1 saturated heterocycles. The number of hydrogen-bond acceptors (Lipinski definition) is 3. The zero-order valence-electron chi connectivity index (χ0n) is 20.2. The van der Waals surface area contributed by atoms with Gasteiger partial charge in [0.1, 0.15) is 8.49 Å². The van der Waals surface area contributed by atoms with Crippen LogP contribution in [0.5, 0.6) is 5.75 Å². The lowest BCUT2D eigenvalue weighted by atomic mass is 10.0. The van der Waals surface area contributed by atoms with Crippen LogP contribution in [0.2, 0.25) is 0 Å². The summed E-state index contributed by atoms with van der Waals surface area (Å²) in [7, 11) is 0. The number of carbonyl (C=O) groups is 1.